The second kappa shape index (κ2) is 3.87. The van der Waals surface area contributed by atoms with E-state index in [0.29, 0.717) is 5.76 Å². The Balaban J connectivity index is 2.06. The molecule has 0 unspecified atom stereocenters. The van der Waals surface area contributed by atoms with E-state index in [9.17, 15) is 8.42 Å². The molecule has 0 aliphatic heterocycles. The fraction of sp³-hybridized carbons (Fsp3) is 0.125. The van der Waals surface area contributed by atoms with Gasteiger partial charge in [-0.05, 0) is 12.1 Å². The van der Waals surface area contributed by atoms with Gasteiger partial charge in [0.15, 0.2) is 5.03 Å². The topological polar surface area (TPSA) is 88.0 Å². The maximum absolute atomic E-state index is 11.6. The maximum Gasteiger partial charge on any atom is 0.258 e. The van der Waals surface area contributed by atoms with Gasteiger partial charge >= 0.3 is 0 Å². The molecule has 7 heteroatoms. The van der Waals surface area contributed by atoms with Crippen LogP contribution in [0, 0.1) is 0 Å². The van der Waals surface area contributed by atoms with Crippen LogP contribution in [0.3, 0.4) is 0 Å². The first-order valence-corrected chi connectivity index (χ1v) is 5.67. The molecule has 0 amide bonds. The number of nitrogens with zero attached hydrogens (tertiary/aromatic N) is 1. The number of imidazole rings is 1. The zero-order valence-electron chi connectivity index (χ0n) is 7.67. The predicted molar refractivity (Wildman–Crippen MR) is 51.3 cm³/mol. The van der Waals surface area contributed by atoms with Crippen molar-refractivity contribution < 1.29 is 12.8 Å². The van der Waals surface area contributed by atoms with E-state index in [4.69, 9.17) is 4.42 Å². The second-order valence-corrected chi connectivity index (χ2v) is 4.56. The summed E-state index contributed by atoms with van der Waals surface area (Å²) in [7, 11) is -3.52. The normalized spacial score (nSPS) is 11.7. The van der Waals surface area contributed by atoms with Crippen molar-refractivity contribution in [1.29, 1.82) is 0 Å². The lowest BCUT2D eigenvalue weighted by Crippen LogP contribution is -2.23. The van der Waals surface area contributed by atoms with Crippen LogP contribution in [0.2, 0.25) is 0 Å². The van der Waals surface area contributed by atoms with Gasteiger partial charge in [-0.1, -0.05) is 0 Å². The van der Waals surface area contributed by atoms with E-state index >= 15 is 0 Å². The van der Waals surface area contributed by atoms with E-state index in [1.165, 1.54) is 18.8 Å². The molecule has 0 atom stereocenters. The number of aromatic nitrogens is 2. The molecular weight excluding hydrogens is 218 g/mol. The molecule has 2 N–H and O–H groups in total. The smallest absolute Gasteiger partial charge is 0.258 e. The van der Waals surface area contributed by atoms with E-state index < -0.39 is 10.0 Å². The number of H-pyrrole nitrogens is 1. The van der Waals surface area contributed by atoms with Crippen LogP contribution >= 0.6 is 0 Å². The Kier molecular flexibility index (Phi) is 2.57. The van der Waals surface area contributed by atoms with E-state index in [0.717, 1.165) is 0 Å². The SMILES string of the molecule is O=S(=O)(NCc1ccco1)c1cnc[nH]1. The van der Waals surface area contributed by atoms with Crippen LogP contribution in [0.1, 0.15) is 5.76 Å². The lowest BCUT2D eigenvalue weighted by Gasteiger charge is -2.01. The zero-order chi connectivity index (χ0) is 10.7. The molecule has 0 aliphatic rings. The van der Waals surface area contributed by atoms with E-state index in [1.807, 2.05) is 0 Å². The Morgan fingerprint density at radius 3 is 3.00 bits per heavy atom. The predicted octanol–water partition coefficient (Wildman–Crippen LogP) is 0.481. The molecule has 0 saturated heterocycles. The second-order valence-electron chi connectivity index (χ2n) is 2.82. The monoisotopic (exact) mass is 227 g/mol. The Morgan fingerprint density at radius 1 is 1.53 bits per heavy atom. The summed E-state index contributed by atoms with van der Waals surface area (Å²) in [6.07, 6.45) is 4.03. The molecule has 2 aromatic rings. The number of furan rings is 1. The minimum absolute atomic E-state index is 0.0362. The van der Waals surface area contributed by atoms with Gasteiger partial charge in [0.05, 0.1) is 25.3 Å². The minimum Gasteiger partial charge on any atom is -0.468 e. The molecule has 0 spiro atoms. The van der Waals surface area contributed by atoms with Crippen LogP contribution in [-0.4, -0.2) is 18.4 Å². The van der Waals surface area contributed by atoms with Crippen LogP contribution < -0.4 is 4.72 Å². The van der Waals surface area contributed by atoms with Gasteiger partial charge in [0.25, 0.3) is 10.0 Å². The van der Waals surface area contributed by atoms with Crippen LogP contribution in [0.4, 0.5) is 0 Å². The van der Waals surface area contributed by atoms with Crippen molar-refractivity contribution in [2.45, 2.75) is 11.6 Å². The molecule has 0 aliphatic carbocycles. The third-order valence-electron chi connectivity index (χ3n) is 1.78. The molecule has 0 fully saturated rings. The van der Waals surface area contributed by atoms with E-state index in [1.54, 1.807) is 12.1 Å². The van der Waals surface area contributed by atoms with Crippen LogP contribution in [-0.2, 0) is 16.6 Å². The van der Waals surface area contributed by atoms with E-state index in [-0.39, 0.29) is 11.6 Å². The van der Waals surface area contributed by atoms with Crippen molar-refractivity contribution in [3.63, 3.8) is 0 Å². The van der Waals surface area contributed by atoms with Crippen molar-refractivity contribution >= 4 is 10.0 Å². The molecule has 2 aromatic heterocycles. The maximum atomic E-state index is 11.6. The van der Waals surface area contributed by atoms with E-state index in [2.05, 4.69) is 14.7 Å². The average molecular weight is 227 g/mol. The van der Waals surface area contributed by atoms with Crippen molar-refractivity contribution in [2.75, 3.05) is 0 Å². The van der Waals surface area contributed by atoms with Gasteiger partial charge in [-0.25, -0.2) is 18.1 Å². The summed E-state index contributed by atoms with van der Waals surface area (Å²) in [6, 6.07) is 3.38. The minimum atomic E-state index is -3.52. The average Bonchev–Trinajstić information content (AvgIpc) is 2.88. The molecule has 2 heterocycles. The van der Waals surface area contributed by atoms with Gasteiger partial charge in [0, 0.05) is 0 Å². The lowest BCUT2D eigenvalue weighted by atomic mass is 10.5. The summed E-state index contributed by atoms with van der Waals surface area (Å²) < 4.78 is 30.5. The molecule has 2 rings (SSSR count). The molecule has 0 aromatic carbocycles. The third-order valence-corrected chi connectivity index (χ3v) is 3.11. The van der Waals surface area contributed by atoms with Crippen molar-refractivity contribution in [3.8, 4) is 0 Å². The summed E-state index contributed by atoms with van der Waals surface area (Å²) >= 11 is 0. The Morgan fingerprint density at radius 2 is 2.40 bits per heavy atom. The Bertz CT molecular complexity index is 501. The zero-order valence-corrected chi connectivity index (χ0v) is 8.49. The Hall–Kier alpha value is -1.60. The Labute approximate surface area is 86.4 Å². The fourth-order valence-electron chi connectivity index (χ4n) is 1.05. The number of hydrogen-bond acceptors (Lipinski definition) is 4. The molecule has 0 saturated carbocycles. The van der Waals surface area contributed by atoms with Gasteiger partial charge in [0.2, 0.25) is 0 Å². The van der Waals surface area contributed by atoms with Gasteiger partial charge in [-0.3, -0.25) is 0 Å². The number of hydrogen-bond donors (Lipinski definition) is 2. The highest BCUT2D eigenvalue weighted by molar-refractivity contribution is 7.89. The first-order valence-electron chi connectivity index (χ1n) is 4.19. The first kappa shape index (κ1) is 9.94. The first-order chi connectivity index (χ1) is 7.18. The standard InChI is InChI=1S/C8H9N3O3S/c12-15(13,8-5-9-6-10-8)11-4-7-2-1-3-14-7/h1-3,5-6,11H,4H2,(H,9,10). The molecule has 0 bridgehead atoms. The van der Waals surface area contributed by atoms with Crippen LogP contribution in [0.5, 0.6) is 0 Å². The van der Waals surface area contributed by atoms with Crippen molar-refractivity contribution in [2.24, 2.45) is 0 Å². The molecule has 15 heavy (non-hydrogen) atoms. The highest BCUT2D eigenvalue weighted by Gasteiger charge is 2.15. The highest BCUT2D eigenvalue weighted by atomic mass is 32.2. The third kappa shape index (κ3) is 2.25. The largest absolute Gasteiger partial charge is 0.468 e. The van der Waals surface area contributed by atoms with Gasteiger partial charge in [0.1, 0.15) is 5.76 Å². The summed E-state index contributed by atoms with van der Waals surface area (Å²) in [5.41, 5.74) is 0. The fourth-order valence-corrected chi connectivity index (χ4v) is 1.94. The lowest BCUT2D eigenvalue weighted by molar-refractivity contribution is 0.498. The van der Waals surface area contributed by atoms with Gasteiger partial charge in [-0.15, -0.1) is 0 Å². The summed E-state index contributed by atoms with van der Waals surface area (Å²) in [4.78, 5) is 6.15. The molecule has 80 valence electrons. The summed E-state index contributed by atoms with van der Waals surface area (Å²) in [5, 5.41) is 0.0362. The highest BCUT2D eigenvalue weighted by Crippen LogP contribution is 2.05. The van der Waals surface area contributed by atoms with Gasteiger partial charge in [-0.2, -0.15) is 0 Å². The number of rotatable bonds is 4. The number of aromatic amines is 1. The molecule has 6 nitrogen and oxygen atoms in total. The quantitative estimate of drug-likeness (QED) is 0.795. The van der Waals surface area contributed by atoms with Crippen LogP contribution in [0.15, 0.2) is 40.4 Å². The number of nitrogens with one attached hydrogen (secondary N) is 2. The van der Waals surface area contributed by atoms with Crippen molar-refractivity contribution in [1.82, 2.24) is 14.7 Å². The molecule has 0 radical (unpaired) electrons. The van der Waals surface area contributed by atoms with Crippen LogP contribution in [0.25, 0.3) is 0 Å². The van der Waals surface area contributed by atoms with Crippen molar-refractivity contribution in [3.05, 3.63) is 36.7 Å². The summed E-state index contributed by atoms with van der Waals surface area (Å²) in [6.45, 7) is 0.119. The summed E-state index contributed by atoms with van der Waals surface area (Å²) in [5.74, 6) is 0.554. The molecular formula is C8H9N3O3S. The van der Waals surface area contributed by atoms with Gasteiger partial charge < -0.3 is 9.40 Å². The number of sulfonamides is 1.